The number of quaternary nitrogens is 1. The number of aliphatic hydroxyl groups is 2. The Hall–Kier alpha value is -3.64. The lowest BCUT2D eigenvalue weighted by molar-refractivity contribution is -0.933. The third kappa shape index (κ3) is 9.68. The quantitative estimate of drug-likeness (QED) is 0.150. The predicted octanol–water partition coefficient (Wildman–Crippen LogP) is 3.01. The zero-order valence-corrected chi connectivity index (χ0v) is 25.8. The molecule has 2 aromatic carbocycles. The average Bonchev–Trinajstić information content (AvgIpc) is 3.02. The minimum atomic E-state index is -0.395. The number of aromatic nitrogens is 2. The van der Waals surface area contributed by atoms with E-state index in [0.29, 0.717) is 0 Å². The fraction of sp³-hybridized carbons (Fsp3) is 0.469. The van der Waals surface area contributed by atoms with Crippen LogP contribution in [0.15, 0.2) is 48.5 Å². The topological polar surface area (TPSA) is 166 Å². The van der Waals surface area contributed by atoms with Crippen LogP contribution in [0.4, 0.5) is 11.6 Å². The Morgan fingerprint density at radius 1 is 0.886 bits per heavy atom. The van der Waals surface area contributed by atoms with Crippen molar-refractivity contribution in [2.45, 2.75) is 44.6 Å². The minimum absolute atomic E-state index is 0.00582. The highest BCUT2D eigenvalue weighted by atomic mass is 35.5. The molecule has 1 aromatic heterocycles. The van der Waals surface area contributed by atoms with Crippen molar-refractivity contribution in [3.8, 4) is 11.5 Å². The van der Waals surface area contributed by atoms with Gasteiger partial charge in [0, 0.05) is 12.8 Å². The first-order chi connectivity index (χ1) is 21.3. The number of rotatable bonds is 16. The number of nitrogens with two attached hydrogens (primary N) is 2. The minimum Gasteiger partial charge on any atom is -0.491 e. The first-order valence-electron chi connectivity index (χ1n) is 15.2. The van der Waals surface area contributed by atoms with Crippen LogP contribution in [0.3, 0.4) is 0 Å². The van der Waals surface area contributed by atoms with Gasteiger partial charge in [-0.1, -0.05) is 35.9 Å². The van der Waals surface area contributed by atoms with Crippen LogP contribution >= 0.6 is 11.6 Å². The Morgan fingerprint density at radius 3 is 1.95 bits per heavy atom. The van der Waals surface area contributed by atoms with Gasteiger partial charge in [0.1, 0.15) is 24.7 Å². The SMILES string of the molecule is Nc1nc(N)c(C(=O)NC2CCC[N+](CCCc3ccc(OCCO)cc3)(CCCc3ccc(OCCO)cc3)C2)nc1Cl. The number of halogens is 1. The van der Waals surface area contributed by atoms with Crippen molar-refractivity contribution < 1.29 is 29.0 Å². The molecule has 7 N–H and O–H groups in total. The van der Waals surface area contributed by atoms with Crippen LogP contribution in [-0.2, 0) is 12.8 Å². The third-order valence-electron chi connectivity index (χ3n) is 8.01. The Bertz CT molecular complexity index is 1280. The van der Waals surface area contributed by atoms with Crippen molar-refractivity contribution >= 4 is 29.1 Å². The normalized spacial score (nSPS) is 15.9. The van der Waals surface area contributed by atoms with Gasteiger partial charge in [-0.3, -0.25) is 4.79 Å². The monoisotopic (exact) mass is 627 g/mol. The molecule has 1 amide bonds. The molecule has 0 saturated carbocycles. The summed E-state index contributed by atoms with van der Waals surface area (Å²) in [5.74, 6) is 1.06. The lowest BCUT2D eigenvalue weighted by atomic mass is 9.99. The number of amides is 1. The second-order valence-electron chi connectivity index (χ2n) is 11.3. The van der Waals surface area contributed by atoms with E-state index in [4.69, 9.17) is 42.8 Å². The van der Waals surface area contributed by atoms with Gasteiger partial charge < -0.3 is 41.0 Å². The molecule has 3 aromatic rings. The van der Waals surface area contributed by atoms with Gasteiger partial charge in [-0.05, 0) is 61.1 Å². The summed E-state index contributed by atoms with van der Waals surface area (Å²) < 4.78 is 11.9. The van der Waals surface area contributed by atoms with Crippen LogP contribution in [-0.4, -0.2) is 89.2 Å². The number of carbonyl (C=O) groups is 1. The van der Waals surface area contributed by atoms with Crippen LogP contribution in [0.2, 0.25) is 5.15 Å². The Balaban J connectivity index is 1.40. The smallest absolute Gasteiger partial charge is 0.274 e. The molecule has 0 aliphatic carbocycles. The maximum Gasteiger partial charge on any atom is 0.274 e. The number of nitrogens with zero attached hydrogens (tertiary/aromatic N) is 3. The maximum atomic E-state index is 13.1. The summed E-state index contributed by atoms with van der Waals surface area (Å²) in [6.07, 6.45) is 5.72. The van der Waals surface area contributed by atoms with E-state index in [9.17, 15) is 4.79 Å². The van der Waals surface area contributed by atoms with Crippen LogP contribution in [0.1, 0.15) is 47.3 Å². The average molecular weight is 628 g/mol. The van der Waals surface area contributed by atoms with E-state index in [1.54, 1.807) is 0 Å². The lowest BCUT2D eigenvalue weighted by Crippen LogP contribution is -2.60. The Morgan fingerprint density at radius 2 is 1.43 bits per heavy atom. The van der Waals surface area contributed by atoms with E-state index < -0.39 is 5.91 Å². The molecular weight excluding hydrogens is 584 g/mol. The molecule has 0 radical (unpaired) electrons. The fourth-order valence-electron chi connectivity index (χ4n) is 5.89. The predicted molar refractivity (Wildman–Crippen MR) is 171 cm³/mol. The second kappa shape index (κ2) is 16.4. The number of hydrogen-bond donors (Lipinski definition) is 5. The number of benzene rings is 2. The molecule has 1 aliphatic heterocycles. The number of carbonyl (C=O) groups excluding carboxylic acids is 1. The zero-order valence-electron chi connectivity index (χ0n) is 25.1. The summed E-state index contributed by atoms with van der Waals surface area (Å²) in [7, 11) is 0. The number of likely N-dealkylation sites (tertiary alicyclic amines) is 1. The highest BCUT2D eigenvalue weighted by Crippen LogP contribution is 2.25. The zero-order chi connectivity index (χ0) is 31.4. The van der Waals surface area contributed by atoms with Crippen molar-refractivity contribution in [2.24, 2.45) is 0 Å². The van der Waals surface area contributed by atoms with Gasteiger partial charge in [-0.2, -0.15) is 0 Å². The van der Waals surface area contributed by atoms with Gasteiger partial charge in [-0.25, -0.2) is 9.97 Å². The van der Waals surface area contributed by atoms with E-state index in [2.05, 4.69) is 39.6 Å². The number of piperidine rings is 1. The Labute approximate surface area is 263 Å². The second-order valence-corrected chi connectivity index (χ2v) is 11.6. The molecule has 1 fully saturated rings. The standard InChI is InChI=1S/C32H43ClN6O5/c33-29-31(35)38-30(34)28(37-29)32(42)36-25-6-3-17-39(22-25,15-1-4-23-7-11-26(12-8-23)43-20-18-40)16-2-5-24-9-13-27(14-10-24)44-21-19-41/h7-14,25,40-41H,1-6,15-22H2,(H4-,34,35,36,38,42)/p+1. The number of aliphatic hydroxyl groups excluding tert-OH is 2. The maximum absolute atomic E-state index is 13.1. The molecule has 1 unspecified atom stereocenters. The third-order valence-corrected chi connectivity index (χ3v) is 8.29. The number of ether oxygens (including phenoxy) is 2. The number of nitrogens with one attached hydrogen (secondary N) is 1. The number of nitrogen functional groups attached to an aromatic ring is 2. The molecule has 11 nitrogen and oxygen atoms in total. The first-order valence-corrected chi connectivity index (χ1v) is 15.6. The Kier molecular flexibility index (Phi) is 12.4. The molecule has 1 atom stereocenters. The van der Waals surface area contributed by atoms with E-state index in [0.717, 1.165) is 80.7 Å². The van der Waals surface area contributed by atoms with Gasteiger partial charge in [0.05, 0.1) is 45.4 Å². The summed E-state index contributed by atoms with van der Waals surface area (Å²) in [6, 6.07) is 16.0. The molecule has 4 rings (SSSR count). The summed E-state index contributed by atoms with van der Waals surface area (Å²) in [5.41, 5.74) is 14.1. The lowest BCUT2D eigenvalue weighted by Gasteiger charge is -2.45. The van der Waals surface area contributed by atoms with Crippen LogP contribution in [0, 0.1) is 0 Å². The summed E-state index contributed by atoms with van der Waals surface area (Å²) in [6.45, 7) is 4.36. The van der Waals surface area contributed by atoms with Gasteiger partial charge in [0.2, 0.25) is 0 Å². The van der Waals surface area contributed by atoms with Crippen LogP contribution in [0.5, 0.6) is 11.5 Å². The fourth-order valence-corrected chi connectivity index (χ4v) is 6.02. The van der Waals surface area contributed by atoms with E-state index in [1.807, 2.05) is 24.3 Å². The highest BCUT2D eigenvalue weighted by Gasteiger charge is 2.35. The van der Waals surface area contributed by atoms with E-state index in [-0.39, 0.29) is 55.0 Å². The molecule has 1 aliphatic rings. The highest BCUT2D eigenvalue weighted by molar-refractivity contribution is 6.31. The molecule has 12 heteroatoms. The number of hydrogen-bond acceptors (Lipinski definition) is 9. The molecule has 0 bridgehead atoms. The largest absolute Gasteiger partial charge is 0.491 e. The summed E-state index contributed by atoms with van der Waals surface area (Å²) in [5, 5.41) is 21.1. The van der Waals surface area contributed by atoms with Gasteiger partial charge in [-0.15, -0.1) is 0 Å². The van der Waals surface area contributed by atoms with Crippen molar-refractivity contribution in [3.63, 3.8) is 0 Å². The van der Waals surface area contributed by atoms with Crippen molar-refractivity contribution in [2.75, 3.05) is 64.1 Å². The van der Waals surface area contributed by atoms with Gasteiger partial charge in [0.25, 0.3) is 5.91 Å². The molecule has 0 spiro atoms. The first kappa shape index (κ1) is 33.3. The molecule has 1 saturated heterocycles. The van der Waals surface area contributed by atoms with Crippen LogP contribution < -0.4 is 26.3 Å². The van der Waals surface area contributed by atoms with Gasteiger partial charge in [0.15, 0.2) is 22.5 Å². The molecule has 238 valence electrons. The number of aryl methyl sites for hydroxylation is 2. The molecule has 2 heterocycles. The molecular formula is C32H44ClN6O5+. The van der Waals surface area contributed by atoms with E-state index in [1.165, 1.54) is 11.1 Å². The molecule has 44 heavy (non-hydrogen) atoms. The summed E-state index contributed by atoms with van der Waals surface area (Å²) in [4.78, 5) is 21.2. The van der Waals surface area contributed by atoms with Crippen LogP contribution in [0.25, 0.3) is 0 Å². The van der Waals surface area contributed by atoms with Crippen molar-refractivity contribution in [1.29, 1.82) is 0 Å². The number of anilines is 2. The van der Waals surface area contributed by atoms with Crippen molar-refractivity contribution in [3.05, 3.63) is 70.5 Å². The van der Waals surface area contributed by atoms with Gasteiger partial charge >= 0.3 is 0 Å². The summed E-state index contributed by atoms with van der Waals surface area (Å²) >= 11 is 6.02. The van der Waals surface area contributed by atoms with Crippen molar-refractivity contribution in [1.82, 2.24) is 15.3 Å². The van der Waals surface area contributed by atoms with E-state index >= 15 is 0 Å².